The zero-order valence-electron chi connectivity index (χ0n) is 15.5. The average Bonchev–Trinajstić information content (AvgIpc) is 3.12. The summed E-state index contributed by atoms with van der Waals surface area (Å²) in [6.45, 7) is 9.45. The van der Waals surface area contributed by atoms with Gasteiger partial charge in [0.15, 0.2) is 0 Å². The molecule has 3 rings (SSSR count). The minimum absolute atomic E-state index is 0.237. The zero-order chi connectivity index (χ0) is 18.0. The molecule has 2 aromatic heterocycles. The number of rotatable bonds is 6. The van der Waals surface area contributed by atoms with Crippen LogP contribution in [0, 0.1) is 13.8 Å². The second-order valence-corrected chi connectivity index (χ2v) is 6.39. The predicted octanol–water partition coefficient (Wildman–Crippen LogP) is 5.23. The van der Waals surface area contributed by atoms with Crippen LogP contribution in [0.2, 0.25) is 0 Å². The van der Waals surface area contributed by atoms with Crippen LogP contribution in [0.4, 0.5) is 0 Å². The van der Waals surface area contributed by atoms with Gasteiger partial charge in [-0.05, 0) is 33.3 Å². The van der Waals surface area contributed by atoms with Gasteiger partial charge in [0.2, 0.25) is 0 Å². The van der Waals surface area contributed by atoms with Crippen LogP contribution < -0.4 is 0 Å². The van der Waals surface area contributed by atoms with Crippen LogP contribution in [0.5, 0.6) is 0 Å². The Morgan fingerprint density at radius 2 is 1.92 bits per heavy atom. The van der Waals surface area contributed by atoms with Crippen LogP contribution >= 0.6 is 0 Å². The Balaban J connectivity index is 2.25. The number of ether oxygens (including phenoxy) is 1. The molecule has 0 saturated carbocycles. The molecule has 3 aromatic rings. The first kappa shape index (κ1) is 17.3. The molecule has 0 aliphatic carbocycles. The summed E-state index contributed by atoms with van der Waals surface area (Å²) in [6.07, 6.45) is 4.21. The maximum Gasteiger partial charge on any atom is 0.340 e. The van der Waals surface area contributed by atoms with Gasteiger partial charge in [-0.25, -0.2) is 4.79 Å². The summed E-state index contributed by atoms with van der Waals surface area (Å²) in [6, 6.07) is 8.19. The van der Waals surface area contributed by atoms with Crippen molar-refractivity contribution in [1.29, 1.82) is 0 Å². The van der Waals surface area contributed by atoms with Gasteiger partial charge in [0.25, 0.3) is 0 Å². The third kappa shape index (κ3) is 2.97. The summed E-state index contributed by atoms with van der Waals surface area (Å²) in [5.41, 5.74) is 5.94. The number of H-pyrrole nitrogens is 1. The van der Waals surface area contributed by atoms with E-state index in [0.29, 0.717) is 12.2 Å². The number of benzene rings is 1. The lowest BCUT2D eigenvalue weighted by Crippen LogP contribution is -2.08. The third-order valence-electron chi connectivity index (χ3n) is 4.86. The van der Waals surface area contributed by atoms with Gasteiger partial charge in [-0.3, -0.25) is 0 Å². The predicted molar refractivity (Wildman–Crippen MR) is 102 cm³/mol. The fourth-order valence-electron chi connectivity index (χ4n) is 3.60. The van der Waals surface area contributed by atoms with Crippen molar-refractivity contribution >= 4 is 16.9 Å². The van der Waals surface area contributed by atoms with Gasteiger partial charge < -0.3 is 14.3 Å². The third-order valence-corrected chi connectivity index (χ3v) is 4.86. The van der Waals surface area contributed by atoms with Gasteiger partial charge in [-0.2, -0.15) is 0 Å². The maximum atomic E-state index is 12.7. The number of nitrogens with one attached hydrogen (secondary N) is 1. The van der Waals surface area contributed by atoms with E-state index in [0.717, 1.165) is 52.8 Å². The molecule has 0 spiro atoms. The van der Waals surface area contributed by atoms with Crippen molar-refractivity contribution in [2.24, 2.45) is 0 Å². The lowest BCUT2D eigenvalue weighted by molar-refractivity contribution is 0.0526. The lowest BCUT2D eigenvalue weighted by Gasteiger charge is -2.08. The molecule has 0 bridgehead atoms. The lowest BCUT2D eigenvalue weighted by atomic mass is 10.00. The Kier molecular flexibility index (Phi) is 4.98. The summed E-state index contributed by atoms with van der Waals surface area (Å²) in [5.74, 6) is -0.237. The first-order valence-electron chi connectivity index (χ1n) is 9.03. The molecular formula is C21H26N2O2. The normalized spacial score (nSPS) is 11.2. The minimum Gasteiger partial charge on any atom is -0.462 e. The van der Waals surface area contributed by atoms with Crippen molar-refractivity contribution in [3.63, 3.8) is 0 Å². The Labute approximate surface area is 148 Å². The molecule has 0 unspecified atom stereocenters. The highest BCUT2D eigenvalue weighted by Crippen LogP contribution is 2.37. The Morgan fingerprint density at radius 1 is 1.16 bits per heavy atom. The standard InChI is InChI=1S/C21H26N2O2/c1-5-7-12-23-14(3)19(20(15(23)4)21(24)25-6-2)17-13-22-18-11-9-8-10-16(17)18/h8-11,13,22H,5-7,12H2,1-4H3. The summed E-state index contributed by atoms with van der Waals surface area (Å²) in [7, 11) is 0. The smallest absolute Gasteiger partial charge is 0.340 e. The van der Waals surface area contributed by atoms with E-state index in [1.54, 1.807) is 0 Å². The topological polar surface area (TPSA) is 47.0 Å². The number of unbranched alkanes of at least 4 members (excludes halogenated alkanes) is 1. The molecule has 132 valence electrons. The molecular weight excluding hydrogens is 312 g/mol. The Hall–Kier alpha value is -2.49. The van der Waals surface area contributed by atoms with E-state index in [9.17, 15) is 4.79 Å². The largest absolute Gasteiger partial charge is 0.462 e. The van der Waals surface area contributed by atoms with E-state index in [1.807, 2.05) is 32.2 Å². The highest BCUT2D eigenvalue weighted by Gasteiger charge is 2.26. The molecule has 0 fully saturated rings. The second-order valence-electron chi connectivity index (χ2n) is 6.39. The molecule has 4 heteroatoms. The maximum absolute atomic E-state index is 12.7. The monoisotopic (exact) mass is 338 g/mol. The van der Waals surface area contributed by atoms with Crippen LogP contribution in [0.25, 0.3) is 22.0 Å². The number of hydrogen-bond acceptors (Lipinski definition) is 2. The Morgan fingerprint density at radius 3 is 2.64 bits per heavy atom. The first-order chi connectivity index (χ1) is 12.1. The number of esters is 1. The van der Waals surface area contributed by atoms with Crippen LogP contribution in [0.1, 0.15) is 48.4 Å². The van der Waals surface area contributed by atoms with E-state index in [4.69, 9.17) is 4.74 Å². The van der Waals surface area contributed by atoms with Gasteiger partial charge in [0.1, 0.15) is 0 Å². The van der Waals surface area contributed by atoms with Gasteiger partial charge in [-0.15, -0.1) is 0 Å². The molecule has 2 heterocycles. The summed E-state index contributed by atoms with van der Waals surface area (Å²) in [5, 5.41) is 1.13. The number of carbonyl (C=O) groups excluding carboxylic acids is 1. The van der Waals surface area contributed by atoms with Crippen molar-refractivity contribution in [3.05, 3.63) is 47.4 Å². The van der Waals surface area contributed by atoms with E-state index in [1.165, 1.54) is 0 Å². The molecule has 1 N–H and O–H groups in total. The molecule has 0 radical (unpaired) electrons. The fourth-order valence-corrected chi connectivity index (χ4v) is 3.60. The van der Waals surface area contributed by atoms with Gasteiger partial charge in [-0.1, -0.05) is 31.5 Å². The summed E-state index contributed by atoms with van der Waals surface area (Å²) < 4.78 is 7.63. The van der Waals surface area contributed by atoms with E-state index >= 15 is 0 Å². The average molecular weight is 338 g/mol. The van der Waals surface area contributed by atoms with Crippen molar-refractivity contribution < 1.29 is 9.53 Å². The van der Waals surface area contributed by atoms with Crippen molar-refractivity contribution in [1.82, 2.24) is 9.55 Å². The van der Waals surface area contributed by atoms with E-state index < -0.39 is 0 Å². The molecule has 0 amide bonds. The van der Waals surface area contributed by atoms with Gasteiger partial charge in [0, 0.05) is 46.2 Å². The van der Waals surface area contributed by atoms with E-state index in [2.05, 4.69) is 35.5 Å². The highest BCUT2D eigenvalue weighted by molar-refractivity contribution is 6.05. The molecule has 1 aromatic carbocycles. The molecule has 0 atom stereocenters. The van der Waals surface area contributed by atoms with Crippen LogP contribution in [0.15, 0.2) is 30.5 Å². The number of fused-ring (bicyclic) bond motifs is 1. The van der Waals surface area contributed by atoms with Crippen LogP contribution in [-0.4, -0.2) is 22.1 Å². The van der Waals surface area contributed by atoms with Gasteiger partial charge >= 0.3 is 5.97 Å². The number of aromatic amines is 1. The van der Waals surface area contributed by atoms with Crippen molar-refractivity contribution in [2.75, 3.05) is 6.61 Å². The molecule has 4 nitrogen and oxygen atoms in total. The summed E-state index contributed by atoms with van der Waals surface area (Å²) in [4.78, 5) is 16.0. The second kappa shape index (κ2) is 7.18. The number of carbonyl (C=O) groups is 1. The van der Waals surface area contributed by atoms with Crippen molar-refractivity contribution in [3.8, 4) is 11.1 Å². The molecule has 0 aliphatic rings. The number of nitrogens with zero attached hydrogens (tertiary/aromatic N) is 1. The fraction of sp³-hybridized carbons (Fsp3) is 0.381. The van der Waals surface area contributed by atoms with Crippen LogP contribution in [0.3, 0.4) is 0 Å². The van der Waals surface area contributed by atoms with E-state index in [-0.39, 0.29) is 5.97 Å². The first-order valence-corrected chi connectivity index (χ1v) is 9.03. The molecule has 25 heavy (non-hydrogen) atoms. The molecule has 0 saturated heterocycles. The highest BCUT2D eigenvalue weighted by atomic mass is 16.5. The zero-order valence-corrected chi connectivity index (χ0v) is 15.5. The van der Waals surface area contributed by atoms with Crippen molar-refractivity contribution in [2.45, 2.75) is 47.1 Å². The van der Waals surface area contributed by atoms with Crippen LogP contribution in [-0.2, 0) is 11.3 Å². The quantitative estimate of drug-likeness (QED) is 0.626. The van der Waals surface area contributed by atoms with Gasteiger partial charge in [0.05, 0.1) is 12.2 Å². The minimum atomic E-state index is -0.237. The Bertz CT molecular complexity index is 902. The molecule has 0 aliphatic heterocycles. The summed E-state index contributed by atoms with van der Waals surface area (Å²) >= 11 is 0. The number of para-hydroxylation sites is 1. The SMILES string of the molecule is CCCCn1c(C)c(C(=O)OCC)c(-c2c[nH]c3ccccc23)c1C. The number of aromatic nitrogens is 2. The number of hydrogen-bond donors (Lipinski definition) is 1.